The number of aromatic nitrogens is 2. The minimum Gasteiger partial charge on any atom is -0.417 e. The molecule has 0 aliphatic heterocycles. The van der Waals surface area contributed by atoms with Crippen molar-refractivity contribution in [3.8, 4) is 0 Å². The van der Waals surface area contributed by atoms with Crippen molar-refractivity contribution in [1.29, 1.82) is 0 Å². The van der Waals surface area contributed by atoms with Gasteiger partial charge < -0.3 is 9.73 Å². The van der Waals surface area contributed by atoms with E-state index in [0.717, 1.165) is 25.7 Å². The zero-order valence-electron chi connectivity index (χ0n) is 13.2. The second-order valence-electron chi connectivity index (χ2n) is 6.08. The summed E-state index contributed by atoms with van der Waals surface area (Å²) < 4.78 is 18.5. The van der Waals surface area contributed by atoms with Gasteiger partial charge in [-0.05, 0) is 30.5 Å². The number of nitrogens with one attached hydrogen (secondary N) is 1. The highest BCUT2D eigenvalue weighted by atomic mass is 35.5. The Bertz CT molecular complexity index is 712. The van der Waals surface area contributed by atoms with Crippen LogP contribution in [0.15, 0.2) is 22.6 Å². The minimum absolute atomic E-state index is 0.0486. The Labute approximate surface area is 144 Å². The highest BCUT2D eigenvalue weighted by molar-refractivity contribution is 6.31. The van der Waals surface area contributed by atoms with E-state index in [0.29, 0.717) is 5.56 Å². The molecule has 0 atom stereocenters. The van der Waals surface area contributed by atoms with Crippen molar-refractivity contribution in [2.45, 2.75) is 51.0 Å². The van der Waals surface area contributed by atoms with Crippen molar-refractivity contribution in [1.82, 2.24) is 15.5 Å². The molecule has 1 aromatic carbocycles. The van der Waals surface area contributed by atoms with Crippen LogP contribution in [0.3, 0.4) is 0 Å². The highest BCUT2D eigenvalue weighted by Gasteiger charge is 2.20. The number of nitrogens with zero attached hydrogens (tertiary/aromatic N) is 2. The van der Waals surface area contributed by atoms with Crippen LogP contribution in [0.2, 0.25) is 5.02 Å². The van der Waals surface area contributed by atoms with Crippen LogP contribution in [0.25, 0.3) is 0 Å². The number of benzene rings is 1. The molecule has 0 bridgehead atoms. The third-order valence-electron chi connectivity index (χ3n) is 4.21. The van der Waals surface area contributed by atoms with Gasteiger partial charge >= 0.3 is 11.8 Å². The molecule has 0 spiro atoms. The first kappa shape index (κ1) is 16.9. The third kappa shape index (κ3) is 4.32. The molecule has 7 heteroatoms. The molecule has 1 aliphatic carbocycles. The van der Waals surface area contributed by atoms with Gasteiger partial charge in [-0.15, -0.1) is 10.2 Å². The first-order chi connectivity index (χ1) is 11.6. The Kier molecular flexibility index (Phi) is 5.45. The smallest absolute Gasteiger partial charge is 0.309 e. The molecule has 1 heterocycles. The first-order valence-electron chi connectivity index (χ1n) is 8.19. The van der Waals surface area contributed by atoms with Crippen molar-refractivity contribution >= 4 is 17.5 Å². The molecule has 0 unspecified atom stereocenters. The number of hydrogen-bond acceptors (Lipinski definition) is 4. The second-order valence-corrected chi connectivity index (χ2v) is 6.48. The van der Waals surface area contributed by atoms with Gasteiger partial charge in [0.1, 0.15) is 5.82 Å². The first-order valence-corrected chi connectivity index (χ1v) is 8.57. The summed E-state index contributed by atoms with van der Waals surface area (Å²) >= 11 is 5.98. The average Bonchev–Trinajstić information content (AvgIpc) is 2.87. The summed E-state index contributed by atoms with van der Waals surface area (Å²) in [6, 6.07) is 4.28. The maximum absolute atomic E-state index is 13.1. The lowest BCUT2D eigenvalue weighted by Gasteiger charge is -2.14. The molecule has 1 N–H and O–H groups in total. The number of carbonyl (C=O) groups excluding carboxylic acids is 1. The number of halogens is 2. The van der Waals surface area contributed by atoms with Gasteiger partial charge in [0.05, 0.1) is 6.42 Å². The van der Waals surface area contributed by atoms with E-state index in [-0.39, 0.29) is 35.2 Å². The Morgan fingerprint density at radius 1 is 1.25 bits per heavy atom. The van der Waals surface area contributed by atoms with E-state index in [4.69, 9.17) is 16.0 Å². The van der Waals surface area contributed by atoms with Crippen LogP contribution >= 0.6 is 11.6 Å². The molecule has 1 aromatic heterocycles. The van der Waals surface area contributed by atoms with Crippen molar-refractivity contribution in [2.75, 3.05) is 0 Å². The Morgan fingerprint density at radius 2 is 2.00 bits per heavy atom. The number of rotatable bonds is 4. The zero-order chi connectivity index (χ0) is 16.9. The summed E-state index contributed by atoms with van der Waals surface area (Å²) in [6.07, 6.45) is 6.91. The molecule has 0 saturated heterocycles. The molecule has 1 fully saturated rings. The van der Waals surface area contributed by atoms with E-state index >= 15 is 0 Å². The summed E-state index contributed by atoms with van der Waals surface area (Å²) in [7, 11) is 0. The van der Waals surface area contributed by atoms with Crippen LogP contribution in [0, 0.1) is 5.82 Å². The van der Waals surface area contributed by atoms with Gasteiger partial charge in [-0.2, -0.15) is 0 Å². The Hall–Kier alpha value is -1.95. The SMILES string of the molecule is O=C(NC1CCCCCC1)c1nnc(Cc2ccc(F)cc2Cl)o1. The van der Waals surface area contributed by atoms with E-state index in [1.54, 1.807) is 6.07 Å². The summed E-state index contributed by atoms with van der Waals surface area (Å²) in [5.41, 5.74) is 0.664. The average molecular weight is 352 g/mol. The number of carbonyl (C=O) groups is 1. The minimum atomic E-state index is -0.405. The molecule has 2 aromatic rings. The summed E-state index contributed by atoms with van der Waals surface area (Å²) in [5.74, 6) is -0.523. The Balaban J connectivity index is 1.63. The maximum atomic E-state index is 13.1. The normalized spacial score (nSPS) is 15.9. The largest absolute Gasteiger partial charge is 0.417 e. The maximum Gasteiger partial charge on any atom is 0.309 e. The predicted molar refractivity (Wildman–Crippen MR) is 87.5 cm³/mol. The molecule has 0 radical (unpaired) electrons. The highest BCUT2D eigenvalue weighted by Crippen LogP contribution is 2.21. The lowest BCUT2D eigenvalue weighted by Crippen LogP contribution is -2.34. The second kappa shape index (κ2) is 7.75. The van der Waals surface area contributed by atoms with Gasteiger partial charge in [0, 0.05) is 11.1 Å². The van der Waals surface area contributed by atoms with E-state index in [2.05, 4.69) is 15.5 Å². The number of amides is 1. The molecule has 1 aliphatic rings. The van der Waals surface area contributed by atoms with E-state index in [9.17, 15) is 9.18 Å². The standard InChI is InChI=1S/C17H19ClFN3O2/c18-14-10-12(19)8-7-11(14)9-15-21-22-17(24-15)16(23)20-13-5-3-1-2-4-6-13/h7-8,10,13H,1-6,9H2,(H,20,23). The van der Waals surface area contributed by atoms with E-state index < -0.39 is 5.82 Å². The lowest BCUT2D eigenvalue weighted by molar-refractivity contribution is 0.0896. The van der Waals surface area contributed by atoms with Crippen LogP contribution in [-0.2, 0) is 6.42 Å². The monoisotopic (exact) mass is 351 g/mol. The molecule has 128 valence electrons. The quantitative estimate of drug-likeness (QED) is 0.848. The fraction of sp³-hybridized carbons (Fsp3) is 0.471. The topological polar surface area (TPSA) is 68.0 Å². The summed E-state index contributed by atoms with van der Waals surface area (Å²) in [4.78, 5) is 12.2. The van der Waals surface area contributed by atoms with Gasteiger partial charge in [0.25, 0.3) is 0 Å². The lowest BCUT2D eigenvalue weighted by atomic mass is 10.1. The van der Waals surface area contributed by atoms with E-state index in [1.165, 1.54) is 25.0 Å². The fourth-order valence-electron chi connectivity index (χ4n) is 2.92. The van der Waals surface area contributed by atoms with Gasteiger partial charge in [-0.3, -0.25) is 4.79 Å². The Morgan fingerprint density at radius 3 is 2.71 bits per heavy atom. The third-order valence-corrected chi connectivity index (χ3v) is 4.56. The molecule has 5 nitrogen and oxygen atoms in total. The van der Waals surface area contributed by atoms with Gasteiger partial charge in [-0.1, -0.05) is 43.4 Å². The van der Waals surface area contributed by atoms with Crippen LogP contribution in [-0.4, -0.2) is 22.1 Å². The number of hydrogen-bond donors (Lipinski definition) is 1. The summed E-state index contributed by atoms with van der Waals surface area (Å²) in [5, 5.41) is 10.9. The zero-order valence-corrected chi connectivity index (χ0v) is 14.0. The van der Waals surface area contributed by atoms with Crippen molar-refractivity contribution < 1.29 is 13.6 Å². The molecular weight excluding hydrogens is 333 g/mol. The molecule has 3 rings (SSSR count). The van der Waals surface area contributed by atoms with Gasteiger partial charge in [-0.25, -0.2) is 4.39 Å². The molecule has 24 heavy (non-hydrogen) atoms. The van der Waals surface area contributed by atoms with E-state index in [1.807, 2.05) is 0 Å². The van der Waals surface area contributed by atoms with Crippen LogP contribution in [0.4, 0.5) is 4.39 Å². The van der Waals surface area contributed by atoms with Gasteiger partial charge in [0.2, 0.25) is 5.89 Å². The summed E-state index contributed by atoms with van der Waals surface area (Å²) in [6.45, 7) is 0. The predicted octanol–water partition coefficient (Wildman–Crippen LogP) is 3.91. The fourth-order valence-corrected chi connectivity index (χ4v) is 3.15. The van der Waals surface area contributed by atoms with Crippen LogP contribution < -0.4 is 5.32 Å². The molecule has 1 amide bonds. The van der Waals surface area contributed by atoms with Gasteiger partial charge in [0.15, 0.2) is 0 Å². The van der Waals surface area contributed by atoms with Crippen molar-refractivity contribution in [2.24, 2.45) is 0 Å². The van der Waals surface area contributed by atoms with Crippen LogP contribution in [0.1, 0.15) is 60.7 Å². The molecule has 1 saturated carbocycles. The van der Waals surface area contributed by atoms with Crippen LogP contribution in [0.5, 0.6) is 0 Å². The molecular formula is C17H19ClFN3O2. The van der Waals surface area contributed by atoms with Crippen molar-refractivity contribution in [3.05, 3.63) is 46.4 Å². The van der Waals surface area contributed by atoms with Crippen molar-refractivity contribution in [3.63, 3.8) is 0 Å².